The second-order valence-electron chi connectivity index (χ2n) is 4.33. The Kier molecular flexibility index (Phi) is 3.84. The lowest BCUT2D eigenvalue weighted by molar-refractivity contribution is 0.0744. The molecule has 0 bridgehead atoms. The Hall–Kier alpha value is -1.29. The minimum atomic E-state index is -0.706. The monoisotopic (exact) mass is 240 g/mol. The summed E-state index contributed by atoms with van der Waals surface area (Å²) in [6.45, 7) is 0.320. The number of rotatable bonds is 6. The van der Waals surface area contributed by atoms with Crippen molar-refractivity contribution in [3.63, 3.8) is 0 Å². The van der Waals surface area contributed by atoms with E-state index in [-0.39, 0.29) is 12.2 Å². The Bertz CT molecular complexity index is 414. The zero-order valence-electron chi connectivity index (χ0n) is 9.42. The van der Waals surface area contributed by atoms with E-state index in [0.29, 0.717) is 6.61 Å². The minimum Gasteiger partial charge on any atom is -0.373 e. The Balaban J connectivity index is 1.82. The average Bonchev–Trinajstić information content (AvgIpc) is 3.11. The minimum absolute atomic E-state index is 0.187. The van der Waals surface area contributed by atoms with Crippen LogP contribution in [0, 0.1) is 17.6 Å². The summed E-state index contributed by atoms with van der Waals surface area (Å²) in [6.07, 6.45) is 3.41. The number of Topliss-reactive ketones (excluding diaryl/α,β-unsaturated/α-hetero) is 1. The molecule has 1 aromatic rings. The van der Waals surface area contributed by atoms with Gasteiger partial charge in [-0.05, 0) is 30.5 Å². The van der Waals surface area contributed by atoms with Crippen molar-refractivity contribution < 1.29 is 18.3 Å². The Morgan fingerprint density at radius 1 is 1.35 bits per heavy atom. The number of carbonyl (C=O) groups is 1. The second-order valence-corrected chi connectivity index (χ2v) is 4.33. The molecule has 0 aliphatic heterocycles. The van der Waals surface area contributed by atoms with E-state index in [2.05, 4.69) is 0 Å². The van der Waals surface area contributed by atoms with Gasteiger partial charge in [-0.1, -0.05) is 12.8 Å². The Morgan fingerprint density at radius 2 is 2.12 bits per heavy atom. The molecule has 1 aliphatic carbocycles. The molecule has 1 aromatic carbocycles. The standard InChI is InChI=1S/C13H14F2O2/c14-10-3-4-12(15)11(7-10)13(16)8-17-6-5-9-1-2-9/h3-4,7,9H,1-2,5-6,8H2. The van der Waals surface area contributed by atoms with Crippen molar-refractivity contribution in [2.75, 3.05) is 13.2 Å². The molecule has 0 amide bonds. The maximum Gasteiger partial charge on any atom is 0.191 e. The van der Waals surface area contributed by atoms with Crippen LogP contribution in [0.4, 0.5) is 8.78 Å². The summed E-state index contributed by atoms with van der Waals surface area (Å²) in [7, 11) is 0. The highest BCUT2D eigenvalue weighted by Crippen LogP contribution is 2.32. The normalized spacial score (nSPS) is 14.9. The Morgan fingerprint density at radius 3 is 2.82 bits per heavy atom. The molecule has 0 saturated heterocycles. The summed E-state index contributed by atoms with van der Waals surface area (Å²) < 4.78 is 31.2. The molecule has 17 heavy (non-hydrogen) atoms. The lowest BCUT2D eigenvalue weighted by Gasteiger charge is -2.04. The van der Waals surface area contributed by atoms with Crippen LogP contribution < -0.4 is 0 Å². The van der Waals surface area contributed by atoms with E-state index < -0.39 is 17.4 Å². The van der Waals surface area contributed by atoms with Crippen LogP contribution in [0.1, 0.15) is 29.6 Å². The van der Waals surface area contributed by atoms with Crippen LogP contribution in [0.3, 0.4) is 0 Å². The summed E-state index contributed by atoms with van der Waals surface area (Å²) in [5.41, 5.74) is -0.239. The largest absolute Gasteiger partial charge is 0.373 e. The van der Waals surface area contributed by atoms with Crippen LogP contribution in [-0.2, 0) is 4.74 Å². The van der Waals surface area contributed by atoms with Gasteiger partial charge in [-0.15, -0.1) is 0 Å². The number of carbonyl (C=O) groups excluding carboxylic acids is 1. The lowest BCUT2D eigenvalue weighted by Crippen LogP contribution is -2.12. The molecule has 2 rings (SSSR count). The van der Waals surface area contributed by atoms with Crippen LogP contribution in [0.5, 0.6) is 0 Å². The van der Waals surface area contributed by atoms with Crippen molar-refractivity contribution in [2.24, 2.45) is 5.92 Å². The maximum atomic E-state index is 13.2. The van der Waals surface area contributed by atoms with Gasteiger partial charge >= 0.3 is 0 Å². The number of hydrogen-bond donors (Lipinski definition) is 0. The summed E-state index contributed by atoms with van der Waals surface area (Å²) in [5.74, 6) is -1.11. The molecule has 0 spiro atoms. The van der Waals surface area contributed by atoms with Crippen molar-refractivity contribution in [3.05, 3.63) is 35.4 Å². The smallest absolute Gasteiger partial charge is 0.191 e. The van der Waals surface area contributed by atoms with Gasteiger partial charge in [0.15, 0.2) is 5.78 Å². The first-order valence-electron chi connectivity index (χ1n) is 5.73. The summed E-state index contributed by atoms with van der Waals surface area (Å²) in [4.78, 5) is 11.5. The molecular weight excluding hydrogens is 226 g/mol. The van der Waals surface area contributed by atoms with Crippen molar-refractivity contribution in [1.29, 1.82) is 0 Å². The van der Waals surface area contributed by atoms with Gasteiger partial charge in [0.2, 0.25) is 0 Å². The van der Waals surface area contributed by atoms with Crippen LogP contribution >= 0.6 is 0 Å². The number of halogens is 2. The average molecular weight is 240 g/mol. The van der Waals surface area contributed by atoms with Crippen LogP contribution in [0.25, 0.3) is 0 Å². The van der Waals surface area contributed by atoms with Gasteiger partial charge < -0.3 is 4.74 Å². The van der Waals surface area contributed by atoms with Crippen molar-refractivity contribution in [2.45, 2.75) is 19.3 Å². The summed E-state index contributed by atoms with van der Waals surface area (Å²) >= 11 is 0. The molecule has 4 heteroatoms. The highest BCUT2D eigenvalue weighted by molar-refractivity contribution is 5.97. The highest BCUT2D eigenvalue weighted by atomic mass is 19.1. The van der Waals surface area contributed by atoms with Crippen LogP contribution in [-0.4, -0.2) is 19.0 Å². The molecule has 0 heterocycles. The maximum absolute atomic E-state index is 13.2. The van der Waals surface area contributed by atoms with Gasteiger partial charge in [-0.25, -0.2) is 8.78 Å². The van der Waals surface area contributed by atoms with E-state index in [1.807, 2.05) is 0 Å². The second kappa shape index (κ2) is 5.36. The van der Waals surface area contributed by atoms with E-state index in [0.717, 1.165) is 30.5 Å². The zero-order chi connectivity index (χ0) is 12.3. The molecule has 0 radical (unpaired) electrons. The molecular formula is C13H14F2O2. The van der Waals surface area contributed by atoms with Gasteiger partial charge in [0.05, 0.1) is 5.56 Å². The molecule has 92 valence electrons. The fraction of sp³-hybridized carbons (Fsp3) is 0.462. The fourth-order valence-electron chi connectivity index (χ4n) is 1.61. The molecule has 1 aliphatic rings. The molecule has 0 atom stereocenters. The number of hydrogen-bond acceptors (Lipinski definition) is 2. The number of benzene rings is 1. The van der Waals surface area contributed by atoms with Crippen LogP contribution in [0.2, 0.25) is 0 Å². The zero-order valence-corrected chi connectivity index (χ0v) is 9.42. The quantitative estimate of drug-likeness (QED) is 0.564. The van der Waals surface area contributed by atoms with Crippen LogP contribution in [0.15, 0.2) is 18.2 Å². The number of ketones is 1. The molecule has 1 fully saturated rings. The topological polar surface area (TPSA) is 26.3 Å². The van der Waals surface area contributed by atoms with Gasteiger partial charge in [0.25, 0.3) is 0 Å². The molecule has 0 N–H and O–H groups in total. The van der Waals surface area contributed by atoms with E-state index in [1.54, 1.807) is 0 Å². The van der Waals surface area contributed by atoms with Gasteiger partial charge in [-0.3, -0.25) is 4.79 Å². The number of ether oxygens (including phenoxy) is 1. The van der Waals surface area contributed by atoms with Gasteiger partial charge in [0, 0.05) is 6.61 Å². The summed E-state index contributed by atoms with van der Waals surface area (Å²) in [6, 6.07) is 2.84. The predicted octanol–water partition coefficient (Wildman–Crippen LogP) is 2.96. The van der Waals surface area contributed by atoms with E-state index in [1.165, 1.54) is 12.8 Å². The lowest BCUT2D eigenvalue weighted by atomic mass is 10.1. The SMILES string of the molecule is O=C(COCCC1CC1)c1cc(F)ccc1F. The van der Waals surface area contributed by atoms with Crippen molar-refractivity contribution >= 4 is 5.78 Å². The third kappa shape index (κ3) is 3.60. The molecule has 0 aromatic heterocycles. The van der Waals surface area contributed by atoms with Crippen molar-refractivity contribution in [3.8, 4) is 0 Å². The molecule has 1 saturated carbocycles. The first-order chi connectivity index (χ1) is 8.16. The summed E-state index contributed by atoms with van der Waals surface area (Å²) in [5, 5.41) is 0. The predicted molar refractivity (Wildman–Crippen MR) is 58.8 cm³/mol. The van der Waals surface area contributed by atoms with Gasteiger partial charge in [-0.2, -0.15) is 0 Å². The third-order valence-corrected chi connectivity index (χ3v) is 2.83. The van der Waals surface area contributed by atoms with E-state index >= 15 is 0 Å². The first-order valence-corrected chi connectivity index (χ1v) is 5.73. The third-order valence-electron chi connectivity index (χ3n) is 2.83. The first kappa shape index (κ1) is 12.2. The molecule has 2 nitrogen and oxygen atoms in total. The van der Waals surface area contributed by atoms with Crippen molar-refractivity contribution in [1.82, 2.24) is 0 Å². The highest BCUT2D eigenvalue weighted by Gasteiger charge is 2.20. The van der Waals surface area contributed by atoms with E-state index in [4.69, 9.17) is 4.74 Å². The van der Waals surface area contributed by atoms with Gasteiger partial charge in [0.1, 0.15) is 18.2 Å². The van der Waals surface area contributed by atoms with E-state index in [9.17, 15) is 13.6 Å². The Labute approximate surface area is 98.6 Å². The molecule has 0 unspecified atom stereocenters. The fourth-order valence-corrected chi connectivity index (χ4v) is 1.61.